The van der Waals surface area contributed by atoms with Gasteiger partial charge in [-0.05, 0) is 36.6 Å². The fourth-order valence-electron chi connectivity index (χ4n) is 2.77. The van der Waals surface area contributed by atoms with Crippen molar-refractivity contribution in [2.45, 2.75) is 26.4 Å². The summed E-state index contributed by atoms with van der Waals surface area (Å²) in [6, 6.07) is 12.1. The molecule has 2 aromatic carbocycles. The number of nitro benzene ring substituents is 1. The van der Waals surface area contributed by atoms with Gasteiger partial charge < -0.3 is 24.8 Å². The van der Waals surface area contributed by atoms with Gasteiger partial charge in [-0.1, -0.05) is 18.2 Å². The second-order valence-corrected chi connectivity index (χ2v) is 6.61. The van der Waals surface area contributed by atoms with E-state index < -0.39 is 4.92 Å². The highest BCUT2D eigenvalue weighted by Gasteiger charge is 2.07. The topological polar surface area (TPSA) is 107 Å². The largest absolute Gasteiger partial charge is 0.493 e. The monoisotopic (exact) mass is 430 g/mol. The van der Waals surface area contributed by atoms with E-state index in [1.165, 1.54) is 12.1 Å². The van der Waals surface area contributed by atoms with Crippen LogP contribution < -0.4 is 20.1 Å². The molecule has 0 spiro atoms. The van der Waals surface area contributed by atoms with Crippen LogP contribution in [0, 0.1) is 10.1 Å². The summed E-state index contributed by atoms with van der Waals surface area (Å²) in [7, 11) is 3.20. The van der Waals surface area contributed by atoms with Gasteiger partial charge in [-0.2, -0.15) is 0 Å². The van der Waals surface area contributed by atoms with Crippen LogP contribution in [0.5, 0.6) is 11.5 Å². The fraction of sp³-hybridized carbons (Fsp3) is 0.409. The molecule has 2 N–H and O–H groups in total. The molecule has 168 valence electrons. The van der Waals surface area contributed by atoms with Crippen molar-refractivity contribution in [3.63, 3.8) is 0 Å². The Balaban J connectivity index is 2.03. The van der Waals surface area contributed by atoms with Crippen LogP contribution in [-0.4, -0.2) is 44.9 Å². The van der Waals surface area contributed by atoms with Crippen LogP contribution in [0.15, 0.2) is 47.5 Å². The van der Waals surface area contributed by atoms with Crippen LogP contribution in [0.1, 0.15) is 24.5 Å². The van der Waals surface area contributed by atoms with E-state index in [2.05, 4.69) is 15.6 Å². The average Bonchev–Trinajstić information content (AvgIpc) is 2.80. The van der Waals surface area contributed by atoms with E-state index in [1.54, 1.807) is 26.4 Å². The number of hydrogen-bond donors (Lipinski definition) is 2. The third kappa shape index (κ3) is 8.13. The van der Waals surface area contributed by atoms with Gasteiger partial charge in [-0.25, -0.2) is 4.99 Å². The minimum atomic E-state index is -0.410. The number of aliphatic imine (C=N–C) groups is 1. The zero-order valence-corrected chi connectivity index (χ0v) is 18.2. The number of nitro groups is 1. The molecule has 0 saturated carbocycles. The molecule has 0 aliphatic heterocycles. The third-order valence-corrected chi connectivity index (χ3v) is 4.44. The maximum Gasteiger partial charge on any atom is 0.269 e. The number of nitrogens with zero attached hydrogens (tertiary/aromatic N) is 2. The van der Waals surface area contributed by atoms with Gasteiger partial charge in [0.2, 0.25) is 0 Å². The first kappa shape index (κ1) is 23.9. The number of non-ortho nitro benzene ring substituents is 1. The maximum atomic E-state index is 10.8. The molecule has 0 unspecified atom stereocenters. The zero-order chi connectivity index (χ0) is 22.5. The molecule has 0 heterocycles. The number of benzene rings is 2. The Morgan fingerprint density at radius 1 is 1.03 bits per heavy atom. The summed E-state index contributed by atoms with van der Waals surface area (Å²) in [5.74, 6) is 1.96. The van der Waals surface area contributed by atoms with Crippen LogP contribution in [0.25, 0.3) is 0 Å². The molecule has 31 heavy (non-hydrogen) atoms. The molecule has 0 fully saturated rings. The summed E-state index contributed by atoms with van der Waals surface area (Å²) in [6.07, 6.45) is 0.850. The molecule has 0 radical (unpaired) electrons. The lowest BCUT2D eigenvalue weighted by Crippen LogP contribution is -2.37. The molecule has 9 nitrogen and oxygen atoms in total. The van der Waals surface area contributed by atoms with E-state index in [4.69, 9.17) is 14.2 Å². The SMILES string of the molecule is CCOCCCNC(=NCc1ccc(OC)c(OC)c1)NCc1ccc([N+](=O)[O-])cc1. The number of ether oxygens (including phenoxy) is 3. The lowest BCUT2D eigenvalue weighted by atomic mass is 10.2. The summed E-state index contributed by atoms with van der Waals surface area (Å²) in [6.45, 7) is 4.98. The highest BCUT2D eigenvalue weighted by Crippen LogP contribution is 2.27. The summed E-state index contributed by atoms with van der Waals surface area (Å²) in [4.78, 5) is 15.1. The summed E-state index contributed by atoms with van der Waals surface area (Å²) < 4.78 is 16.0. The molecule has 0 atom stereocenters. The second kappa shape index (κ2) is 13.1. The molecule has 0 aliphatic carbocycles. The van der Waals surface area contributed by atoms with Crippen molar-refractivity contribution in [1.29, 1.82) is 0 Å². The predicted octanol–water partition coefficient (Wildman–Crippen LogP) is 3.27. The Kier molecular flexibility index (Phi) is 10.1. The molecular weight excluding hydrogens is 400 g/mol. The first-order chi connectivity index (χ1) is 15.1. The van der Waals surface area contributed by atoms with E-state index in [0.29, 0.717) is 50.3 Å². The van der Waals surface area contributed by atoms with E-state index in [0.717, 1.165) is 17.5 Å². The van der Waals surface area contributed by atoms with Gasteiger partial charge in [0.25, 0.3) is 5.69 Å². The highest BCUT2D eigenvalue weighted by molar-refractivity contribution is 5.79. The lowest BCUT2D eigenvalue weighted by molar-refractivity contribution is -0.384. The Morgan fingerprint density at radius 3 is 2.39 bits per heavy atom. The normalized spacial score (nSPS) is 11.1. The quantitative estimate of drug-likeness (QED) is 0.175. The molecule has 0 bridgehead atoms. The smallest absolute Gasteiger partial charge is 0.269 e. The summed E-state index contributed by atoms with van der Waals surface area (Å²) in [5.41, 5.74) is 1.96. The first-order valence-electron chi connectivity index (χ1n) is 10.1. The fourth-order valence-corrected chi connectivity index (χ4v) is 2.77. The van der Waals surface area contributed by atoms with Gasteiger partial charge in [0.15, 0.2) is 17.5 Å². The molecule has 2 aromatic rings. The van der Waals surface area contributed by atoms with Crippen molar-refractivity contribution < 1.29 is 19.1 Å². The van der Waals surface area contributed by atoms with E-state index in [-0.39, 0.29) is 5.69 Å². The van der Waals surface area contributed by atoms with Crippen LogP contribution in [-0.2, 0) is 17.8 Å². The molecule has 2 rings (SSSR count). The molecule has 0 aromatic heterocycles. The zero-order valence-electron chi connectivity index (χ0n) is 18.2. The van der Waals surface area contributed by atoms with Crippen molar-refractivity contribution in [2.75, 3.05) is 34.0 Å². The van der Waals surface area contributed by atoms with Gasteiger partial charge in [0.05, 0.1) is 25.7 Å². The third-order valence-electron chi connectivity index (χ3n) is 4.44. The van der Waals surface area contributed by atoms with Crippen molar-refractivity contribution >= 4 is 11.6 Å². The Bertz CT molecular complexity index is 855. The van der Waals surface area contributed by atoms with Crippen LogP contribution in [0.4, 0.5) is 5.69 Å². The van der Waals surface area contributed by atoms with Crippen molar-refractivity contribution in [1.82, 2.24) is 10.6 Å². The van der Waals surface area contributed by atoms with Gasteiger partial charge in [-0.3, -0.25) is 10.1 Å². The minimum absolute atomic E-state index is 0.0696. The molecular formula is C22H30N4O5. The Labute approximate surface area is 182 Å². The number of guanidine groups is 1. The van der Waals surface area contributed by atoms with Gasteiger partial charge >= 0.3 is 0 Å². The van der Waals surface area contributed by atoms with Crippen molar-refractivity contribution in [3.8, 4) is 11.5 Å². The van der Waals surface area contributed by atoms with E-state index in [9.17, 15) is 10.1 Å². The Morgan fingerprint density at radius 2 is 1.74 bits per heavy atom. The van der Waals surface area contributed by atoms with Crippen molar-refractivity contribution in [3.05, 3.63) is 63.7 Å². The summed E-state index contributed by atoms with van der Waals surface area (Å²) in [5, 5.41) is 17.4. The first-order valence-corrected chi connectivity index (χ1v) is 10.1. The number of hydrogen-bond acceptors (Lipinski definition) is 6. The van der Waals surface area contributed by atoms with E-state index in [1.807, 2.05) is 25.1 Å². The molecule has 0 saturated heterocycles. The van der Waals surface area contributed by atoms with Crippen LogP contribution in [0.2, 0.25) is 0 Å². The molecule has 0 aliphatic rings. The van der Waals surface area contributed by atoms with Gasteiger partial charge in [-0.15, -0.1) is 0 Å². The number of nitrogens with one attached hydrogen (secondary N) is 2. The standard InChI is InChI=1S/C22H30N4O5/c1-4-31-13-5-12-23-22(24-15-17-6-9-19(10-7-17)26(27)28)25-16-18-8-11-20(29-2)21(14-18)30-3/h6-11,14H,4-5,12-13,15-16H2,1-3H3,(H2,23,24,25). The van der Waals surface area contributed by atoms with Crippen molar-refractivity contribution in [2.24, 2.45) is 4.99 Å². The maximum absolute atomic E-state index is 10.8. The van der Waals surface area contributed by atoms with Crippen LogP contribution in [0.3, 0.4) is 0 Å². The minimum Gasteiger partial charge on any atom is -0.493 e. The lowest BCUT2D eigenvalue weighted by Gasteiger charge is -2.13. The number of rotatable bonds is 12. The van der Waals surface area contributed by atoms with E-state index >= 15 is 0 Å². The van der Waals surface area contributed by atoms with Crippen LogP contribution >= 0.6 is 0 Å². The van der Waals surface area contributed by atoms with Gasteiger partial charge in [0.1, 0.15) is 0 Å². The van der Waals surface area contributed by atoms with Gasteiger partial charge in [0, 0.05) is 38.4 Å². The summed E-state index contributed by atoms with van der Waals surface area (Å²) >= 11 is 0. The molecule has 0 amide bonds. The molecule has 9 heteroatoms. The second-order valence-electron chi connectivity index (χ2n) is 6.61. The Hall–Kier alpha value is -3.33. The average molecular weight is 431 g/mol. The number of methoxy groups -OCH3 is 2. The predicted molar refractivity (Wildman–Crippen MR) is 120 cm³/mol. The highest BCUT2D eigenvalue weighted by atomic mass is 16.6.